The quantitative estimate of drug-likeness (QED) is 0.531. The van der Waals surface area contributed by atoms with Gasteiger partial charge < -0.3 is 10.1 Å². The number of carbonyl (C=O) groups excluding carboxylic acids is 2. The first-order valence-electron chi connectivity index (χ1n) is 12.6. The van der Waals surface area contributed by atoms with Crippen molar-refractivity contribution in [2.45, 2.75) is 31.7 Å². The van der Waals surface area contributed by atoms with Crippen LogP contribution in [0.4, 0.5) is 4.79 Å². The number of piperazine rings is 1. The third-order valence-corrected chi connectivity index (χ3v) is 8.66. The summed E-state index contributed by atoms with van der Waals surface area (Å²) in [6.45, 7) is 8.04. The summed E-state index contributed by atoms with van der Waals surface area (Å²) >= 11 is 0. The van der Waals surface area contributed by atoms with Gasteiger partial charge in [-0.1, -0.05) is 48.0 Å². The maximum Gasteiger partial charge on any atom is 0.338 e. The first kappa shape index (κ1) is 26.8. The van der Waals surface area contributed by atoms with Crippen molar-refractivity contribution in [2.24, 2.45) is 0 Å². The lowest BCUT2D eigenvalue weighted by molar-refractivity contribution is -0.139. The van der Waals surface area contributed by atoms with Gasteiger partial charge in [-0.2, -0.15) is 4.31 Å². The van der Waals surface area contributed by atoms with Gasteiger partial charge >= 0.3 is 12.0 Å². The molecule has 0 spiro atoms. The van der Waals surface area contributed by atoms with Gasteiger partial charge in [-0.3, -0.25) is 9.80 Å². The molecule has 0 aromatic heterocycles. The normalized spacial score (nSPS) is 19.6. The second-order valence-corrected chi connectivity index (χ2v) is 11.0. The van der Waals surface area contributed by atoms with E-state index in [0.29, 0.717) is 50.5 Å². The summed E-state index contributed by atoms with van der Waals surface area (Å²) in [7, 11) is -3.59. The number of carbonyl (C=O) groups is 2. The Morgan fingerprint density at radius 3 is 2.24 bits per heavy atom. The summed E-state index contributed by atoms with van der Waals surface area (Å²) in [5.41, 5.74) is 2.79. The largest absolute Gasteiger partial charge is 0.463 e. The van der Waals surface area contributed by atoms with Gasteiger partial charge in [0.15, 0.2) is 0 Å². The van der Waals surface area contributed by atoms with Crippen LogP contribution in [-0.2, 0) is 19.6 Å². The molecule has 2 aliphatic heterocycles. The average Bonchev–Trinajstić information content (AvgIpc) is 2.89. The van der Waals surface area contributed by atoms with E-state index in [1.165, 1.54) is 4.31 Å². The van der Waals surface area contributed by atoms with Crippen molar-refractivity contribution in [3.05, 3.63) is 77.0 Å². The molecular weight excluding hydrogens is 492 g/mol. The first-order valence-corrected chi connectivity index (χ1v) is 14.0. The zero-order valence-corrected chi connectivity index (χ0v) is 22.3. The summed E-state index contributed by atoms with van der Waals surface area (Å²) in [5.74, 6) is -0.467. The molecule has 10 heteroatoms. The fourth-order valence-electron chi connectivity index (χ4n) is 4.75. The molecule has 198 valence electrons. The maximum atomic E-state index is 13.2. The molecule has 9 nitrogen and oxygen atoms in total. The van der Waals surface area contributed by atoms with Crippen molar-refractivity contribution in [3.63, 3.8) is 0 Å². The standard InChI is InChI=1S/C27H34N4O5S/c1-4-31-23(24(26(32)36-5-2)25(28-27(31)33)21-9-7-6-8-10-21)19-29-15-17-30(18-16-29)37(34,35)22-13-11-20(3)12-14-22/h6-14,25H,4-5,15-19H2,1-3H3,(H,28,33)/t25-/m0/s1. The summed E-state index contributed by atoms with van der Waals surface area (Å²) in [4.78, 5) is 30.2. The Bertz CT molecular complexity index is 1250. The van der Waals surface area contributed by atoms with E-state index in [1.807, 2.05) is 44.2 Å². The van der Waals surface area contributed by atoms with Crippen LogP contribution >= 0.6 is 0 Å². The van der Waals surface area contributed by atoms with Gasteiger partial charge in [-0.15, -0.1) is 0 Å². The number of hydrogen-bond acceptors (Lipinski definition) is 6. The highest BCUT2D eigenvalue weighted by Crippen LogP contribution is 2.32. The van der Waals surface area contributed by atoms with E-state index >= 15 is 0 Å². The molecule has 0 bridgehead atoms. The van der Waals surface area contributed by atoms with E-state index in [2.05, 4.69) is 10.2 Å². The number of aryl methyl sites for hydroxylation is 1. The van der Waals surface area contributed by atoms with Gasteiger partial charge in [-0.25, -0.2) is 18.0 Å². The predicted octanol–water partition coefficient (Wildman–Crippen LogP) is 2.90. The molecular formula is C27H34N4O5S. The van der Waals surface area contributed by atoms with Crippen LogP contribution in [0, 0.1) is 6.92 Å². The highest BCUT2D eigenvalue weighted by molar-refractivity contribution is 7.89. The van der Waals surface area contributed by atoms with Gasteiger partial charge in [0, 0.05) is 45.0 Å². The number of esters is 1. The number of ether oxygens (including phenoxy) is 1. The number of hydrogen-bond donors (Lipinski definition) is 1. The minimum Gasteiger partial charge on any atom is -0.463 e. The number of urea groups is 1. The van der Waals surface area contributed by atoms with E-state index in [1.54, 1.807) is 36.1 Å². The van der Waals surface area contributed by atoms with Gasteiger partial charge in [0.2, 0.25) is 10.0 Å². The lowest BCUT2D eigenvalue weighted by atomic mass is 9.94. The number of rotatable bonds is 8. The minimum atomic E-state index is -3.59. The SMILES string of the molecule is CCOC(=O)C1=C(CN2CCN(S(=O)(=O)c3ccc(C)cc3)CC2)N(CC)C(=O)N[C@H]1c1ccccc1. The smallest absolute Gasteiger partial charge is 0.338 e. The molecule has 0 radical (unpaired) electrons. The Labute approximate surface area is 218 Å². The number of sulfonamides is 1. The Morgan fingerprint density at radius 1 is 1.00 bits per heavy atom. The summed E-state index contributed by atoms with van der Waals surface area (Å²) < 4.78 is 33.2. The molecule has 1 fully saturated rings. The molecule has 0 saturated carbocycles. The second-order valence-electron chi connectivity index (χ2n) is 9.11. The first-order chi connectivity index (χ1) is 17.8. The fraction of sp³-hybridized carbons (Fsp3) is 0.407. The van der Waals surface area contributed by atoms with Crippen molar-refractivity contribution >= 4 is 22.0 Å². The third kappa shape index (κ3) is 5.71. The molecule has 2 amide bonds. The van der Waals surface area contributed by atoms with Crippen LogP contribution in [0.25, 0.3) is 0 Å². The van der Waals surface area contributed by atoms with Crippen LogP contribution in [0.5, 0.6) is 0 Å². The van der Waals surface area contributed by atoms with Crippen molar-refractivity contribution in [3.8, 4) is 0 Å². The zero-order valence-electron chi connectivity index (χ0n) is 21.5. The van der Waals surface area contributed by atoms with E-state index in [9.17, 15) is 18.0 Å². The predicted molar refractivity (Wildman–Crippen MR) is 140 cm³/mol. The zero-order chi connectivity index (χ0) is 26.6. The summed E-state index contributed by atoms with van der Waals surface area (Å²) in [6.07, 6.45) is 0. The number of nitrogens with zero attached hydrogens (tertiary/aromatic N) is 3. The van der Waals surface area contributed by atoms with Gasteiger partial charge in [0.1, 0.15) is 0 Å². The molecule has 2 aromatic carbocycles. The van der Waals surface area contributed by atoms with Crippen LogP contribution in [0.3, 0.4) is 0 Å². The molecule has 4 rings (SSSR count). The van der Waals surface area contributed by atoms with Crippen molar-refractivity contribution in [2.75, 3.05) is 45.9 Å². The highest BCUT2D eigenvalue weighted by atomic mass is 32.2. The fourth-order valence-corrected chi connectivity index (χ4v) is 6.17. The van der Waals surface area contributed by atoms with Gasteiger partial charge in [-0.05, 0) is 38.5 Å². The number of likely N-dealkylation sites (N-methyl/N-ethyl adjacent to an activating group) is 1. The van der Waals surface area contributed by atoms with Crippen LogP contribution in [-0.4, -0.2) is 80.4 Å². The van der Waals surface area contributed by atoms with Crippen LogP contribution in [0.1, 0.15) is 31.0 Å². The molecule has 2 aliphatic rings. The van der Waals surface area contributed by atoms with Crippen LogP contribution in [0.15, 0.2) is 70.8 Å². The molecule has 1 atom stereocenters. The van der Waals surface area contributed by atoms with Gasteiger partial charge in [0.25, 0.3) is 0 Å². The Kier molecular flexibility index (Phi) is 8.31. The van der Waals surface area contributed by atoms with Gasteiger partial charge in [0.05, 0.1) is 23.1 Å². The highest BCUT2D eigenvalue weighted by Gasteiger charge is 2.39. The van der Waals surface area contributed by atoms with E-state index in [-0.39, 0.29) is 17.5 Å². The van der Waals surface area contributed by atoms with E-state index in [4.69, 9.17) is 4.74 Å². The topological polar surface area (TPSA) is 99.3 Å². The molecule has 2 aromatic rings. The van der Waals surface area contributed by atoms with Crippen molar-refractivity contribution < 1.29 is 22.7 Å². The minimum absolute atomic E-state index is 0.215. The molecule has 37 heavy (non-hydrogen) atoms. The molecule has 0 aliphatic carbocycles. The van der Waals surface area contributed by atoms with Crippen LogP contribution < -0.4 is 5.32 Å². The number of nitrogens with one attached hydrogen (secondary N) is 1. The van der Waals surface area contributed by atoms with Crippen molar-refractivity contribution in [1.29, 1.82) is 0 Å². The Morgan fingerprint density at radius 2 is 1.65 bits per heavy atom. The Hall–Kier alpha value is -3.21. The Balaban J connectivity index is 1.60. The number of amides is 2. The van der Waals surface area contributed by atoms with Crippen LogP contribution in [0.2, 0.25) is 0 Å². The molecule has 0 unspecified atom stereocenters. The molecule has 2 heterocycles. The molecule has 1 N–H and O–H groups in total. The molecule has 1 saturated heterocycles. The lowest BCUT2D eigenvalue weighted by Crippen LogP contribution is -2.53. The second kappa shape index (κ2) is 11.5. The lowest BCUT2D eigenvalue weighted by Gasteiger charge is -2.40. The van der Waals surface area contributed by atoms with E-state index in [0.717, 1.165) is 11.1 Å². The third-order valence-electron chi connectivity index (χ3n) is 6.75. The van der Waals surface area contributed by atoms with Crippen molar-refractivity contribution in [1.82, 2.24) is 19.4 Å². The maximum absolute atomic E-state index is 13.2. The average molecular weight is 527 g/mol. The summed E-state index contributed by atoms with van der Waals surface area (Å²) in [5, 5.41) is 2.96. The number of benzene rings is 2. The monoisotopic (exact) mass is 526 g/mol. The van der Waals surface area contributed by atoms with E-state index < -0.39 is 22.0 Å². The summed E-state index contributed by atoms with van der Waals surface area (Å²) in [6, 6.07) is 15.3.